The Bertz CT molecular complexity index is 587. The van der Waals surface area contributed by atoms with Crippen LogP contribution in [0.25, 0.3) is 0 Å². The van der Waals surface area contributed by atoms with Crippen LogP contribution in [0.5, 0.6) is 5.75 Å². The predicted octanol–water partition coefficient (Wildman–Crippen LogP) is 1.88. The summed E-state index contributed by atoms with van der Waals surface area (Å²) in [4.78, 5) is 27.9. The molecule has 0 saturated heterocycles. The summed E-state index contributed by atoms with van der Waals surface area (Å²) in [6, 6.07) is 5.77. The van der Waals surface area contributed by atoms with E-state index in [1.165, 1.54) is 7.11 Å². The van der Waals surface area contributed by atoms with E-state index in [4.69, 9.17) is 9.47 Å². The number of amides is 1. The summed E-state index contributed by atoms with van der Waals surface area (Å²) in [7, 11) is 5.24. The highest BCUT2D eigenvalue weighted by molar-refractivity contribution is 5.79. The second kappa shape index (κ2) is 10.0. The second-order valence-electron chi connectivity index (χ2n) is 6.55. The van der Waals surface area contributed by atoms with Crippen LogP contribution >= 0.6 is 0 Å². The fraction of sp³-hybridized carbons (Fsp3) is 0.579. The third-order valence-electron chi connectivity index (χ3n) is 4.17. The molecular weight excluding hydrogens is 320 g/mol. The molecule has 0 aliphatic heterocycles. The number of esters is 1. The maximum atomic E-state index is 12.6. The van der Waals surface area contributed by atoms with E-state index in [-0.39, 0.29) is 24.4 Å². The molecule has 1 rings (SSSR count). The quantitative estimate of drug-likeness (QED) is 0.637. The molecule has 1 aromatic rings. The molecule has 140 valence electrons. The van der Waals surface area contributed by atoms with Gasteiger partial charge < -0.3 is 19.3 Å². The minimum atomic E-state index is -0.378. The van der Waals surface area contributed by atoms with E-state index in [9.17, 15) is 9.59 Å². The number of ether oxygens (including phenoxy) is 2. The number of carbonyl (C=O) groups excluding carboxylic acids is 2. The fourth-order valence-electron chi connectivity index (χ4n) is 2.36. The van der Waals surface area contributed by atoms with E-state index in [0.717, 1.165) is 11.1 Å². The van der Waals surface area contributed by atoms with Gasteiger partial charge in [-0.25, -0.2) is 0 Å². The monoisotopic (exact) mass is 350 g/mol. The lowest BCUT2D eigenvalue weighted by molar-refractivity contribution is -0.146. The molecule has 25 heavy (non-hydrogen) atoms. The van der Waals surface area contributed by atoms with Crippen molar-refractivity contribution in [2.45, 2.75) is 20.8 Å². The Morgan fingerprint density at radius 2 is 1.84 bits per heavy atom. The van der Waals surface area contributed by atoms with Crippen molar-refractivity contribution in [2.75, 3.05) is 47.4 Å². The van der Waals surface area contributed by atoms with Gasteiger partial charge in [-0.3, -0.25) is 9.59 Å². The van der Waals surface area contributed by atoms with Crippen LogP contribution < -0.4 is 4.74 Å². The number of nitrogens with zero attached hydrogens (tertiary/aromatic N) is 2. The van der Waals surface area contributed by atoms with Gasteiger partial charge in [0.25, 0.3) is 5.91 Å². The lowest BCUT2D eigenvalue weighted by Gasteiger charge is -2.26. The zero-order valence-corrected chi connectivity index (χ0v) is 16.2. The van der Waals surface area contributed by atoms with Gasteiger partial charge in [-0.05, 0) is 45.1 Å². The van der Waals surface area contributed by atoms with Gasteiger partial charge in [0, 0.05) is 19.6 Å². The number of carbonyl (C=O) groups is 2. The Hall–Kier alpha value is -2.08. The van der Waals surface area contributed by atoms with Gasteiger partial charge in [0.15, 0.2) is 6.61 Å². The summed E-state index contributed by atoms with van der Waals surface area (Å²) < 4.78 is 10.5. The van der Waals surface area contributed by atoms with Crippen LogP contribution in [0.1, 0.15) is 18.1 Å². The van der Waals surface area contributed by atoms with Crippen molar-refractivity contribution in [2.24, 2.45) is 5.92 Å². The van der Waals surface area contributed by atoms with Gasteiger partial charge in [0.1, 0.15) is 5.75 Å². The number of methoxy groups -OCH3 is 1. The number of aryl methyl sites for hydroxylation is 1. The minimum Gasteiger partial charge on any atom is -0.483 e. The molecule has 0 bridgehead atoms. The molecule has 0 aromatic heterocycles. The molecule has 1 aromatic carbocycles. The summed E-state index contributed by atoms with van der Waals surface area (Å²) in [5, 5.41) is 0. The van der Waals surface area contributed by atoms with E-state index in [1.54, 1.807) is 11.8 Å². The Kier molecular flexibility index (Phi) is 8.41. The van der Waals surface area contributed by atoms with Crippen molar-refractivity contribution in [1.29, 1.82) is 0 Å². The molecule has 0 heterocycles. The van der Waals surface area contributed by atoms with E-state index in [2.05, 4.69) is 0 Å². The van der Waals surface area contributed by atoms with Crippen molar-refractivity contribution in [1.82, 2.24) is 9.80 Å². The number of likely N-dealkylation sites (N-methyl/N-ethyl adjacent to an activating group) is 1. The molecule has 6 heteroatoms. The maximum Gasteiger partial charge on any atom is 0.310 e. The Morgan fingerprint density at radius 3 is 2.44 bits per heavy atom. The van der Waals surface area contributed by atoms with Crippen LogP contribution in [0.3, 0.4) is 0 Å². The van der Waals surface area contributed by atoms with Crippen LogP contribution in [0, 0.1) is 19.8 Å². The second-order valence-corrected chi connectivity index (χ2v) is 6.55. The first-order valence-corrected chi connectivity index (χ1v) is 8.45. The maximum absolute atomic E-state index is 12.6. The fourth-order valence-corrected chi connectivity index (χ4v) is 2.36. The molecule has 0 aliphatic rings. The normalized spacial score (nSPS) is 12.0. The highest BCUT2D eigenvalue weighted by Gasteiger charge is 2.22. The lowest BCUT2D eigenvalue weighted by Crippen LogP contribution is -2.43. The summed E-state index contributed by atoms with van der Waals surface area (Å²) in [5.74, 6) is -0.129. The first kappa shape index (κ1) is 21.0. The van der Waals surface area contributed by atoms with Gasteiger partial charge in [-0.15, -0.1) is 0 Å². The minimum absolute atomic E-state index is 0.0500. The van der Waals surface area contributed by atoms with E-state index >= 15 is 0 Å². The van der Waals surface area contributed by atoms with Crippen molar-refractivity contribution >= 4 is 11.9 Å². The average Bonchev–Trinajstić information content (AvgIpc) is 2.58. The van der Waals surface area contributed by atoms with E-state index < -0.39 is 0 Å². The largest absolute Gasteiger partial charge is 0.483 e. The highest BCUT2D eigenvalue weighted by atomic mass is 16.5. The summed E-state index contributed by atoms with van der Waals surface area (Å²) in [6.45, 7) is 7.24. The first-order chi connectivity index (χ1) is 11.8. The molecule has 6 nitrogen and oxygen atoms in total. The standard InChI is InChI=1S/C19H30N2O4/c1-14-8-7-9-17(16(14)3)25-13-18(22)21(11-10-20(4)5)12-15(2)19(23)24-6/h7-9,15H,10-13H2,1-6H3. The molecule has 0 radical (unpaired) electrons. The molecule has 1 unspecified atom stereocenters. The third kappa shape index (κ3) is 6.74. The molecule has 1 atom stereocenters. The van der Waals surface area contributed by atoms with Gasteiger partial charge in [-0.2, -0.15) is 0 Å². The van der Waals surface area contributed by atoms with Crippen LogP contribution in [0.4, 0.5) is 0 Å². The number of hydrogen-bond acceptors (Lipinski definition) is 5. The van der Waals surface area contributed by atoms with Crippen molar-refractivity contribution < 1.29 is 19.1 Å². The summed E-state index contributed by atoms with van der Waals surface area (Å²) in [5.41, 5.74) is 2.15. The smallest absolute Gasteiger partial charge is 0.310 e. The van der Waals surface area contributed by atoms with Crippen LogP contribution in [-0.2, 0) is 14.3 Å². The molecule has 0 spiro atoms. The van der Waals surface area contributed by atoms with Gasteiger partial charge in [0.05, 0.1) is 13.0 Å². The third-order valence-corrected chi connectivity index (χ3v) is 4.17. The lowest BCUT2D eigenvalue weighted by atomic mass is 10.1. The van der Waals surface area contributed by atoms with Gasteiger partial charge in [0.2, 0.25) is 0 Å². The number of benzene rings is 1. The topological polar surface area (TPSA) is 59.1 Å². The van der Waals surface area contributed by atoms with Gasteiger partial charge in [-0.1, -0.05) is 19.1 Å². The van der Waals surface area contributed by atoms with Crippen LogP contribution in [0.15, 0.2) is 18.2 Å². The number of hydrogen-bond donors (Lipinski definition) is 0. The Labute approximate surface area is 150 Å². The Morgan fingerprint density at radius 1 is 1.16 bits per heavy atom. The van der Waals surface area contributed by atoms with Crippen molar-refractivity contribution in [3.8, 4) is 5.75 Å². The SMILES string of the molecule is COC(=O)C(C)CN(CCN(C)C)C(=O)COc1cccc(C)c1C. The molecule has 0 N–H and O–H groups in total. The number of rotatable bonds is 9. The molecule has 0 fully saturated rings. The molecular formula is C19H30N2O4. The first-order valence-electron chi connectivity index (χ1n) is 8.45. The van der Waals surface area contributed by atoms with E-state index in [0.29, 0.717) is 25.4 Å². The summed E-state index contributed by atoms with van der Waals surface area (Å²) in [6.07, 6.45) is 0. The molecule has 0 aliphatic carbocycles. The highest BCUT2D eigenvalue weighted by Crippen LogP contribution is 2.20. The van der Waals surface area contributed by atoms with Crippen molar-refractivity contribution in [3.05, 3.63) is 29.3 Å². The zero-order valence-electron chi connectivity index (χ0n) is 16.2. The van der Waals surface area contributed by atoms with Crippen LogP contribution in [0.2, 0.25) is 0 Å². The summed E-state index contributed by atoms with van der Waals surface area (Å²) >= 11 is 0. The van der Waals surface area contributed by atoms with Crippen LogP contribution in [-0.4, -0.2) is 69.1 Å². The van der Waals surface area contributed by atoms with Crippen molar-refractivity contribution in [3.63, 3.8) is 0 Å². The Balaban J connectivity index is 2.73. The average molecular weight is 350 g/mol. The zero-order chi connectivity index (χ0) is 19.0. The molecule has 1 amide bonds. The van der Waals surface area contributed by atoms with Gasteiger partial charge >= 0.3 is 5.97 Å². The molecule has 0 saturated carbocycles. The predicted molar refractivity (Wildman–Crippen MR) is 97.7 cm³/mol. The van der Waals surface area contributed by atoms with E-state index in [1.807, 2.05) is 51.0 Å².